The highest BCUT2D eigenvalue weighted by Gasteiger charge is 2.19. The van der Waals surface area contributed by atoms with Gasteiger partial charge in [0.25, 0.3) is 0 Å². The van der Waals surface area contributed by atoms with Gasteiger partial charge in [-0.25, -0.2) is 0 Å². The number of nitrogens with one attached hydrogen (secondary N) is 1. The second-order valence-electron chi connectivity index (χ2n) is 3.33. The fraction of sp³-hybridized carbons (Fsp3) is 0.400. The minimum absolute atomic E-state index is 0.786. The average Bonchev–Trinajstić information content (AvgIpc) is 2.84. The van der Waals surface area contributed by atoms with Gasteiger partial charge in [-0.1, -0.05) is 12.1 Å². The first-order valence-corrected chi connectivity index (χ1v) is 4.80. The Labute approximate surface area is 78.6 Å². The lowest BCUT2D eigenvalue weighted by Gasteiger charge is -2.02. The Bertz CT molecular complexity index is 268. The van der Waals surface area contributed by atoms with E-state index in [1.807, 2.05) is 12.1 Å². The first-order chi connectivity index (χ1) is 5.84. The van der Waals surface area contributed by atoms with E-state index in [9.17, 15) is 0 Å². The van der Waals surface area contributed by atoms with Crippen LogP contribution in [0.5, 0.6) is 0 Å². The SMILES string of the molecule is Sc1cccc(CNC2CC2)c1. The molecule has 0 aliphatic heterocycles. The Balaban J connectivity index is 1.92. The maximum atomic E-state index is 4.29. The van der Waals surface area contributed by atoms with E-state index in [0.717, 1.165) is 17.5 Å². The molecular formula is C10H13NS. The molecule has 1 aromatic carbocycles. The molecule has 0 saturated heterocycles. The van der Waals surface area contributed by atoms with Gasteiger partial charge in [0.2, 0.25) is 0 Å². The van der Waals surface area contributed by atoms with Crippen LogP contribution in [0.15, 0.2) is 29.2 Å². The fourth-order valence-electron chi connectivity index (χ4n) is 1.22. The van der Waals surface area contributed by atoms with E-state index < -0.39 is 0 Å². The summed E-state index contributed by atoms with van der Waals surface area (Å²) in [7, 11) is 0. The molecular weight excluding hydrogens is 166 g/mol. The van der Waals surface area contributed by atoms with Crippen LogP contribution >= 0.6 is 12.6 Å². The molecule has 0 atom stereocenters. The zero-order valence-corrected chi connectivity index (χ0v) is 7.85. The molecule has 0 radical (unpaired) electrons. The van der Waals surface area contributed by atoms with Crippen LogP contribution in [0.4, 0.5) is 0 Å². The highest BCUT2D eigenvalue weighted by Crippen LogP contribution is 2.19. The van der Waals surface area contributed by atoms with Crippen LogP contribution in [-0.4, -0.2) is 6.04 Å². The van der Waals surface area contributed by atoms with Gasteiger partial charge in [-0.15, -0.1) is 12.6 Å². The first-order valence-electron chi connectivity index (χ1n) is 4.36. The Morgan fingerprint density at radius 3 is 2.92 bits per heavy atom. The Morgan fingerprint density at radius 2 is 2.25 bits per heavy atom. The third-order valence-electron chi connectivity index (χ3n) is 2.08. The topological polar surface area (TPSA) is 12.0 Å². The molecule has 2 rings (SSSR count). The van der Waals surface area contributed by atoms with E-state index >= 15 is 0 Å². The lowest BCUT2D eigenvalue weighted by molar-refractivity contribution is 0.687. The maximum Gasteiger partial charge on any atom is 0.0208 e. The molecule has 0 heterocycles. The van der Waals surface area contributed by atoms with Crippen LogP contribution in [-0.2, 0) is 6.54 Å². The zero-order valence-electron chi connectivity index (χ0n) is 6.96. The van der Waals surface area contributed by atoms with E-state index in [-0.39, 0.29) is 0 Å². The van der Waals surface area contributed by atoms with Gasteiger partial charge in [-0.2, -0.15) is 0 Å². The van der Waals surface area contributed by atoms with Crippen molar-refractivity contribution in [2.45, 2.75) is 30.3 Å². The van der Waals surface area contributed by atoms with Crippen molar-refractivity contribution < 1.29 is 0 Å². The zero-order chi connectivity index (χ0) is 8.39. The molecule has 0 unspecified atom stereocenters. The molecule has 1 saturated carbocycles. The van der Waals surface area contributed by atoms with Gasteiger partial charge in [-0.05, 0) is 30.5 Å². The molecule has 0 bridgehead atoms. The Morgan fingerprint density at radius 1 is 1.42 bits per heavy atom. The van der Waals surface area contributed by atoms with E-state index in [4.69, 9.17) is 0 Å². The molecule has 64 valence electrons. The smallest absolute Gasteiger partial charge is 0.0208 e. The lowest BCUT2D eigenvalue weighted by Crippen LogP contribution is -2.15. The largest absolute Gasteiger partial charge is 0.310 e. The van der Waals surface area contributed by atoms with Crippen LogP contribution in [0.1, 0.15) is 18.4 Å². The highest BCUT2D eigenvalue weighted by molar-refractivity contribution is 7.80. The summed E-state index contributed by atoms with van der Waals surface area (Å²) in [5, 5.41) is 3.47. The third-order valence-corrected chi connectivity index (χ3v) is 2.36. The van der Waals surface area contributed by atoms with Crippen molar-refractivity contribution in [2.24, 2.45) is 0 Å². The molecule has 1 aromatic rings. The summed E-state index contributed by atoms with van der Waals surface area (Å²) in [5.74, 6) is 0. The summed E-state index contributed by atoms with van der Waals surface area (Å²) >= 11 is 4.29. The van der Waals surface area contributed by atoms with Crippen LogP contribution in [0.3, 0.4) is 0 Å². The van der Waals surface area contributed by atoms with Crippen molar-refractivity contribution in [2.75, 3.05) is 0 Å². The highest BCUT2D eigenvalue weighted by atomic mass is 32.1. The van der Waals surface area contributed by atoms with Gasteiger partial charge in [0.05, 0.1) is 0 Å². The Hall–Kier alpha value is -0.470. The molecule has 0 spiro atoms. The molecule has 2 heteroatoms. The fourth-order valence-corrected chi connectivity index (χ4v) is 1.47. The summed E-state index contributed by atoms with van der Waals surface area (Å²) in [6, 6.07) is 9.08. The van der Waals surface area contributed by atoms with E-state index in [1.54, 1.807) is 0 Å². The predicted octanol–water partition coefficient (Wildman–Crippen LogP) is 2.23. The van der Waals surface area contributed by atoms with Crippen LogP contribution < -0.4 is 5.32 Å². The van der Waals surface area contributed by atoms with Crippen molar-refractivity contribution in [3.8, 4) is 0 Å². The molecule has 1 aliphatic rings. The molecule has 1 aliphatic carbocycles. The third kappa shape index (κ3) is 2.26. The maximum absolute atomic E-state index is 4.29. The van der Waals surface area contributed by atoms with Crippen LogP contribution in [0.2, 0.25) is 0 Å². The summed E-state index contributed by atoms with van der Waals surface area (Å²) in [6.45, 7) is 0.985. The van der Waals surface area contributed by atoms with Gasteiger partial charge in [0.1, 0.15) is 0 Å². The van der Waals surface area contributed by atoms with Gasteiger partial charge in [-0.3, -0.25) is 0 Å². The van der Waals surface area contributed by atoms with Gasteiger partial charge in [0.15, 0.2) is 0 Å². The number of hydrogen-bond acceptors (Lipinski definition) is 2. The predicted molar refractivity (Wildman–Crippen MR) is 53.6 cm³/mol. The van der Waals surface area contributed by atoms with Crippen LogP contribution in [0, 0.1) is 0 Å². The molecule has 12 heavy (non-hydrogen) atoms. The summed E-state index contributed by atoms with van der Waals surface area (Å²) in [5.41, 5.74) is 1.33. The molecule has 1 fully saturated rings. The molecule has 0 aromatic heterocycles. The second-order valence-corrected chi connectivity index (χ2v) is 3.84. The standard InChI is InChI=1S/C10H13NS/c12-10-3-1-2-8(6-10)7-11-9-4-5-9/h1-3,6,9,11-12H,4-5,7H2. The normalized spacial score (nSPS) is 16.4. The lowest BCUT2D eigenvalue weighted by atomic mass is 10.2. The molecule has 0 amide bonds. The summed E-state index contributed by atoms with van der Waals surface area (Å²) in [4.78, 5) is 1.05. The van der Waals surface area contributed by atoms with E-state index in [2.05, 4.69) is 30.1 Å². The summed E-state index contributed by atoms with van der Waals surface area (Å²) in [6.07, 6.45) is 2.70. The number of hydrogen-bond donors (Lipinski definition) is 2. The summed E-state index contributed by atoms with van der Waals surface area (Å²) < 4.78 is 0. The monoisotopic (exact) mass is 179 g/mol. The number of rotatable bonds is 3. The van der Waals surface area contributed by atoms with Gasteiger partial charge >= 0.3 is 0 Å². The van der Waals surface area contributed by atoms with Crippen molar-refractivity contribution in [1.82, 2.24) is 5.32 Å². The number of benzene rings is 1. The van der Waals surface area contributed by atoms with Crippen molar-refractivity contribution in [3.05, 3.63) is 29.8 Å². The first kappa shape index (κ1) is 8.14. The minimum atomic E-state index is 0.786. The van der Waals surface area contributed by atoms with Gasteiger partial charge < -0.3 is 5.32 Å². The van der Waals surface area contributed by atoms with Crippen molar-refractivity contribution in [1.29, 1.82) is 0 Å². The quantitative estimate of drug-likeness (QED) is 0.678. The van der Waals surface area contributed by atoms with Crippen LogP contribution in [0.25, 0.3) is 0 Å². The van der Waals surface area contributed by atoms with Gasteiger partial charge in [0, 0.05) is 17.5 Å². The minimum Gasteiger partial charge on any atom is -0.310 e. The Kier molecular flexibility index (Phi) is 2.38. The van der Waals surface area contributed by atoms with E-state index in [1.165, 1.54) is 18.4 Å². The van der Waals surface area contributed by atoms with Crippen molar-refractivity contribution in [3.63, 3.8) is 0 Å². The second kappa shape index (κ2) is 3.50. The molecule has 1 nitrogen and oxygen atoms in total. The number of thiol groups is 1. The average molecular weight is 179 g/mol. The van der Waals surface area contributed by atoms with Crippen molar-refractivity contribution >= 4 is 12.6 Å². The molecule has 1 N–H and O–H groups in total. The van der Waals surface area contributed by atoms with E-state index in [0.29, 0.717) is 0 Å².